The highest BCUT2D eigenvalue weighted by Gasteiger charge is 2.35. The van der Waals surface area contributed by atoms with Crippen LogP contribution >= 0.6 is 15.9 Å². The molecule has 1 aromatic carbocycles. The molecular formula is C20H28BrNO. The van der Waals surface area contributed by atoms with Crippen LogP contribution in [0.4, 0.5) is 5.69 Å². The van der Waals surface area contributed by atoms with Gasteiger partial charge in [-0.05, 0) is 63.6 Å². The summed E-state index contributed by atoms with van der Waals surface area (Å²) in [5, 5.41) is 0. The average molecular weight is 378 g/mol. The van der Waals surface area contributed by atoms with Crippen LogP contribution < -0.4 is 4.90 Å². The first-order chi connectivity index (χ1) is 10.8. The van der Waals surface area contributed by atoms with E-state index in [0.717, 1.165) is 31.4 Å². The van der Waals surface area contributed by atoms with Gasteiger partial charge >= 0.3 is 0 Å². The van der Waals surface area contributed by atoms with Gasteiger partial charge in [-0.3, -0.25) is 4.79 Å². The van der Waals surface area contributed by atoms with Gasteiger partial charge in [0.25, 0.3) is 0 Å². The summed E-state index contributed by atoms with van der Waals surface area (Å²) in [6.07, 6.45) is 7.87. The van der Waals surface area contributed by atoms with Gasteiger partial charge in [-0.25, -0.2) is 0 Å². The van der Waals surface area contributed by atoms with Crippen molar-refractivity contribution in [3.05, 3.63) is 29.3 Å². The minimum atomic E-state index is 0.114. The third kappa shape index (κ3) is 3.81. The van der Waals surface area contributed by atoms with E-state index in [4.69, 9.17) is 0 Å². The highest BCUT2D eigenvalue weighted by Crippen LogP contribution is 2.37. The second-order valence-corrected chi connectivity index (χ2v) is 10.1. The average Bonchev–Trinajstić information content (AvgIpc) is 2.81. The normalized spacial score (nSPS) is 22.3. The zero-order valence-electron chi connectivity index (χ0n) is 14.6. The predicted octanol–water partition coefficient (Wildman–Crippen LogP) is 5.26. The number of anilines is 1. The number of hydrogen-bond acceptors (Lipinski definition) is 1. The van der Waals surface area contributed by atoms with Crippen molar-refractivity contribution >= 4 is 27.5 Å². The van der Waals surface area contributed by atoms with Gasteiger partial charge in [-0.2, -0.15) is 0 Å². The van der Waals surface area contributed by atoms with Crippen LogP contribution in [-0.2, 0) is 17.6 Å². The first-order valence-corrected chi connectivity index (χ1v) is 9.78. The maximum Gasteiger partial charge on any atom is 0.230 e. The second-order valence-electron chi connectivity index (χ2n) is 7.95. The lowest BCUT2D eigenvalue weighted by molar-refractivity contribution is -0.123. The first-order valence-electron chi connectivity index (χ1n) is 8.99. The highest BCUT2D eigenvalue weighted by molar-refractivity contribution is 9.10. The fourth-order valence-electron chi connectivity index (χ4n) is 4.16. The van der Waals surface area contributed by atoms with Gasteiger partial charge in [0, 0.05) is 22.0 Å². The molecule has 0 bridgehead atoms. The summed E-state index contributed by atoms with van der Waals surface area (Å²) in [5.74, 6) is 0.614. The van der Waals surface area contributed by atoms with Crippen molar-refractivity contribution in [3.8, 4) is 0 Å². The molecule has 2 aliphatic rings. The maximum atomic E-state index is 13.0. The minimum Gasteiger partial charge on any atom is -0.309 e. The van der Waals surface area contributed by atoms with Crippen molar-refractivity contribution in [1.29, 1.82) is 0 Å². The summed E-state index contributed by atoms with van der Waals surface area (Å²) < 4.78 is 0.114. The molecule has 0 spiro atoms. The van der Waals surface area contributed by atoms with Crippen molar-refractivity contribution in [3.63, 3.8) is 0 Å². The van der Waals surface area contributed by atoms with Crippen molar-refractivity contribution < 1.29 is 4.79 Å². The van der Waals surface area contributed by atoms with Crippen molar-refractivity contribution in [1.82, 2.24) is 0 Å². The molecule has 1 unspecified atom stereocenters. The van der Waals surface area contributed by atoms with Crippen LogP contribution in [0.15, 0.2) is 18.2 Å². The highest BCUT2D eigenvalue weighted by atomic mass is 79.9. The molecule has 1 aliphatic carbocycles. The van der Waals surface area contributed by atoms with Gasteiger partial charge in [0.15, 0.2) is 0 Å². The molecule has 1 atom stereocenters. The van der Waals surface area contributed by atoms with E-state index in [1.54, 1.807) is 0 Å². The summed E-state index contributed by atoms with van der Waals surface area (Å²) in [6.45, 7) is 6.58. The molecule has 1 aromatic rings. The van der Waals surface area contributed by atoms with Gasteiger partial charge in [0.05, 0.1) is 0 Å². The van der Waals surface area contributed by atoms with E-state index in [0.29, 0.717) is 11.9 Å². The number of fused-ring (bicyclic) bond motifs is 1. The Kier molecular flexibility index (Phi) is 4.87. The number of carbonyl (C=O) groups excluding carboxylic acids is 1. The Morgan fingerprint density at radius 3 is 2.61 bits per heavy atom. The molecular weight excluding hydrogens is 350 g/mol. The number of benzene rings is 1. The SMILES string of the molecule is CC1Cc2cc(CC(C)(C)Br)ccc2N1C(=O)C1CCCCC1. The molecule has 1 amide bonds. The first kappa shape index (κ1) is 17.0. The fraction of sp³-hybridized carbons (Fsp3) is 0.650. The van der Waals surface area contributed by atoms with Crippen LogP contribution in [0, 0.1) is 5.92 Å². The van der Waals surface area contributed by atoms with Gasteiger partial charge in [-0.1, -0.05) is 47.3 Å². The molecule has 0 aromatic heterocycles. The zero-order valence-corrected chi connectivity index (χ0v) is 16.2. The third-order valence-electron chi connectivity index (χ3n) is 5.18. The Bertz CT molecular complexity index is 584. The number of carbonyl (C=O) groups is 1. The zero-order chi connectivity index (χ0) is 16.6. The molecule has 1 saturated carbocycles. The summed E-state index contributed by atoms with van der Waals surface area (Å²) in [7, 11) is 0. The Hall–Kier alpha value is -0.830. The molecule has 3 heteroatoms. The smallest absolute Gasteiger partial charge is 0.230 e. The molecule has 0 saturated heterocycles. The van der Waals surface area contributed by atoms with Crippen molar-refractivity contribution in [2.45, 2.75) is 76.1 Å². The molecule has 0 N–H and O–H groups in total. The Morgan fingerprint density at radius 1 is 1.26 bits per heavy atom. The predicted molar refractivity (Wildman–Crippen MR) is 100 cm³/mol. The van der Waals surface area contributed by atoms with Gasteiger partial charge in [0.2, 0.25) is 5.91 Å². The van der Waals surface area contributed by atoms with Gasteiger partial charge in [0.1, 0.15) is 0 Å². The van der Waals surface area contributed by atoms with E-state index in [2.05, 4.69) is 59.8 Å². The minimum absolute atomic E-state index is 0.114. The molecule has 0 radical (unpaired) electrons. The monoisotopic (exact) mass is 377 g/mol. The number of halogens is 1. The van der Waals surface area contributed by atoms with Gasteiger partial charge < -0.3 is 4.90 Å². The summed E-state index contributed by atoms with van der Waals surface area (Å²) in [6, 6.07) is 6.98. The number of hydrogen-bond donors (Lipinski definition) is 0. The number of nitrogens with zero attached hydrogens (tertiary/aromatic N) is 1. The van der Waals surface area contributed by atoms with E-state index >= 15 is 0 Å². The summed E-state index contributed by atoms with van der Waals surface area (Å²) in [5.41, 5.74) is 3.85. The second kappa shape index (κ2) is 6.58. The lowest BCUT2D eigenvalue weighted by Gasteiger charge is -2.29. The van der Waals surface area contributed by atoms with Gasteiger partial charge in [-0.15, -0.1) is 0 Å². The van der Waals surface area contributed by atoms with E-state index in [9.17, 15) is 4.79 Å². The van der Waals surface area contributed by atoms with Crippen LogP contribution in [0.1, 0.15) is 64.0 Å². The van der Waals surface area contributed by atoms with Crippen LogP contribution in [0.25, 0.3) is 0 Å². The molecule has 126 valence electrons. The number of amides is 1. The van der Waals surface area contributed by atoms with Crippen molar-refractivity contribution in [2.75, 3.05) is 4.90 Å². The van der Waals surface area contributed by atoms with Crippen molar-refractivity contribution in [2.24, 2.45) is 5.92 Å². The molecule has 3 rings (SSSR count). The van der Waals surface area contributed by atoms with Crippen LogP contribution in [0.2, 0.25) is 0 Å². The quantitative estimate of drug-likeness (QED) is 0.657. The van der Waals surface area contributed by atoms with Crippen LogP contribution in [0.5, 0.6) is 0 Å². The Balaban J connectivity index is 1.81. The van der Waals surface area contributed by atoms with E-state index in [1.807, 2.05) is 0 Å². The largest absolute Gasteiger partial charge is 0.309 e. The Labute approximate surface area is 148 Å². The summed E-state index contributed by atoms with van der Waals surface area (Å²) in [4.78, 5) is 15.1. The lowest BCUT2D eigenvalue weighted by Crippen LogP contribution is -2.40. The molecule has 1 fully saturated rings. The van der Waals surface area contributed by atoms with E-state index in [-0.39, 0.29) is 10.2 Å². The maximum absolute atomic E-state index is 13.0. The lowest BCUT2D eigenvalue weighted by atomic mass is 9.88. The topological polar surface area (TPSA) is 20.3 Å². The van der Waals surface area contributed by atoms with E-state index in [1.165, 1.54) is 30.4 Å². The standard InChI is InChI=1S/C20H28BrNO/c1-14-11-17-12-15(13-20(2,3)21)9-10-18(17)22(14)19(23)16-7-5-4-6-8-16/h9-10,12,14,16H,4-8,11,13H2,1-3H3. The molecule has 1 aliphatic heterocycles. The van der Waals surface area contributed by atoms with Crippen LogP contribution in [-0.4, -0.2) is 16.3 Å². The Morgan fingerprint density at radius 2 is 1.96 bits per heavy atom. The number of rotatable bonds is 3. The molecule has 23 heavy (non-hydrogen) atoms. The molecule has 2 nitrogen and oxygen atoms in total. The van der Waals surface area contributed by atoms with Crippen LogP contribution in [0.3, 0.4) is 0 Å². The fourth-order valence-corrected chi connectivity index (χ4v) is 4.49. The number of alkyl halides is 1. The molecule has 1 heterocycles. The third-order valence-corrected chi connectivity index (χ3v) is 5.46. The summed E-state index contributed by atoms with van der Waals surface area (Å²) >= 11 is 3.73. The van der Waals surface area contributed by atoms with E-state index < -0.39 is 0 Å².